The molecule has 0 saturated carbocycles. The number of carbonyl (C=O) groups excluding carboxylic acids is 1. The van der Waals surface area contributed by atoms with Gasteiger partial charge in [0, 0.05) is 36.6 Å². The van der Waals surface area contributed by atoms with Crippen LogP contribution < -0.4 is 0 Å². The van der Waals surface area contributed by atoms with Crippen molar-refractivity contribution in [3.8, 4) is 6.07 Å². The van der Waals surface area contributed by atoms with Gasteiger partial charge in [0.1, 0.15) is 0 Å². The number of piperazine rings is 1. The molecule has 124 valence electrons. The van der Waals surface area contributed by atoms with E-state index in [1.807, 2.05) is 29.2 Å². The molecule has 1 aliphatic heterocycles. The molecule has 1 aromatic rings. The molecule has 0 aromatic heterocycles. The van der Waals surface area contributed by atoms with Gasteiger partial charge in [0.2, 0.25) is 0 Å². The van der Waals surface area contributed by atoms with Gasteiger partial charge in [-0.05, 0) is 37.1 Å². The molecule has 23 heavy (non-hydrogen) atoms. The fraction of sp³-hybridized carbons (Fsp3) is 0.556. The number of hydrogen-bond acceptors (Lipinski definition) is 4. The maximum atomic E-state index is 12.6. The summed E-state index contributed by atoms with van der Waals surface area (Å²) in [6.45, 7) is 9.13. The van der Waals surface area contributed by atoms with Crippen LogP contribution in [0.15, 0.2) is 29.2 Å². The first-order valence-electron chi connectivity index (χ1n) is 8.21. The van der Waals surface area contributed by atoms with Gasteiger partial charge in [0.15, 0.2) is 0 Å². The van der Waals surface area contributed by atoms with Crippen molar-refractivity contribution < 1.29 is 4.79 Å². The molecule has 4 nitrogen and oxygen atoms in total. The first kappa shape index (κ1) is 17.8. The van der Waals surface area contributed by atoms with E-state index in [4.69, 9.17) is 5.26 Å². The van der Waals surface area contributed by atoms with Gasteiger partial charge in [-0.25, -0.2) is 0 Å². The highest BCUT2D eigenvalue weighted by Crippen LogP contribution is 2.20. The molecule has 0 N–H and O–H groups in total. The van der Waals surface area contributed by atoms with Crippen LogP contribution in [-0.2, 0) is 0 Å². The minimum absolute atomic E-state index is 0.105. The minimum Gasteiger partial charge on any atom is -0.336 e. The van der Waals surface area contributed by atoms with Crippen molar-refractivity contribution in [3.63, 3.8) is 0 Å². The summed E-state index contributed by atoms with van der Waals surface area (Å²) in [6, 6.07) is 9.72. The van der Waals surface area contributed by atoms with E-state index in [1.54, 1.807) is 0 Å². The van der Waals surface area contributed by atoms with Crippen LogP contribution in [0.1, 0.15) is 30.6 Å². The molecular weight excluding hydrogens is 306 g/mol. The summed E-state index contributed by atoms with van der Waals surface area (Å²) in [6.07, 6.45) is 1.21. The zero-order valence-corrected chi connectivity index (χ0v) is 14.8. The third kappa shape index (κ3) is 5.56. The Labute approximate surface area is 143 Å². The molecule has 1 aliphatic rings. The second-order valence-corrected chi connectivity index (χ2v) is 7.34. The Morgan fingerprint density at radius 3 is 2.70 bits per heavy atom. The van der Waals surface area contributed by atoms with E-state index in [-0.39, 0.29) is 5.91 Å². The summed E-state index contributed by atoms with van der Waals surface area (Å²) in [5.74, 6) is 1.24. The lowest BCUT2D eigenvalue weighted by Gasteiger charge is -2.35. The third-order valence-electron chi connectivity index (χ3n) is 4.07. The number of thioether (sulfide) groups is 1. The number of nitriles is 1. The van der Waals surface area contributed by atoms with Crippen molar-refractivity contribution in [1.29, 1.82) is 5.26 Å². The molecular formula is C18H25N3OS. The number of amides is 1. The summed E-state index contributed by atoms with van der Waals surface area (Å²) in [7, 11) is 0. The van der Waals surface area contributed by atoms with Crippen LogP contribution in [0, 0.1) is 17.2 Å². The normalized spacial score (nSPS) is 15.7. The molecule has 5 heteroatoms. The van der Waals surface area contributed by atoms with Crippen LogP contribution >= 0.6 is 11.8 Å². The van der Waals surface area contributed by atoms with E-state index in [1.165, 1.54) is 18.2 Å². The molecule has 0 radical (unpaired) electrons. The highest BCUT2D eigenvalue weighted by atomic mass is 32.2. The summed E-state index contributed by atoms with van der Waals surface area (Å²) >= 11 is 1.47. The van der Waals surface area contributed by atoms with Crippen molar-refractivity contribution in [3.05, 3.63) is 29.8 Å². The van der Waals surface area contributed by atoms with Crippen molar-refractivity contribution in [1.82, 2.24) is 9.80 Å². The van der Waals surface area contributed by atoms with Crippen LogP contribution in [0.5, 0.6) is 0 Å². The van der Waals surface area contributed by atoms with Gasteiger partial charge < -0.3 is 4.90 Å². The summed E-state index contributed by atoms with van der Waals surface area (Å²) in [5, 5.41) is 8.66. The smallest absolute Gasteiger partial charge is 0.253 e. The number of benzene rings is 1. The highest BCUT2D eigenvalue weighted by molar-refractivity contribution is 7.99. The van der Waals surface area contributed by atoms with Crippen LogP contribution in [0.3, 0.4) is 0 Å². The van der Waals surface area contributed by atoms with Crippen molar-refractivity contribution >= 4 is 17.7 Å². The van der Waals surface area contributed by atoms with Gasteiger partial charge in [-0.2, -0.15) is 5.26 Å². The lowest BCUT2D eigenvalue weighted by molar-refractivity contribution is 0.0631. The number of rotatable bonds is 6. The Bertz CT molecular complexity index is 560. The Morgan fingerprint density at radius 2 is 2.04 bits per heavy atom. The van der Waals surface area contributed by atoms with Crippen LogP contribution in [-0.4, -0.2) is 54.2 Å². The maximum absolute atomic E-state index is 12.6. The Balaban J connectivity index is 1.88. The van der Waals surface area contributed by atoms with E-state index >= 15 is 0 Å². The third-order valence-corrected chi connectivity index (χ3v) is 4.93. The molecule has 0 spiro atoms. The van der Waals surface area contributed by atoms with Gasteiger partial charge in [-0.3, -0.25) is 9.69 Å². The predicted molar refractivity (Wildman–Crippen MR) is 94.6 cm³/mol. The molecule has 1 fully saturated rings. The quantitative estimate of drug-likeness (QED) is 0.752. The van der Waals surface area contributed by atoms with Gasteiger partial charge >= 0.3 is 0 Å². The van der Waals surface area contributed by atoms with Crippen molar-refractivity contribution in [2.75, 3.05) is 38.5 Å². The molecule has 1 saturated heterocycles. The van der Waals surface area contributed by atoms with Gasteiger partial charge in [-0.1, -0.05) is 19.9 Å². The summed E-state index contributed by atoms with van der Waals surface area (Å²) in [5.41, 5.74) is 0.726. The van der Waals surface area contributed by atoms with Crippen LogP contribution in [0.25, 0.3) is 0 Å². The van der Waals surface area contributed by atoms with E-state index in [9.17, 15) is 4.79 Å². The van der Waals surface area contributed by atoms with Gasteiger partial charge in [-0.15, -0.1) is 11.8 Å². The Morgan fingerprint density at radius 1 is 1.30 bits per heavy atom. The molecule has 0 atom stereocenters. The topological polar surface area (TPSA) is 47.3 Å². The molecule has 0 unspecified atom stereocenters. The predicted octanol–water partition coefficient (Wildman–Crippen LogP) is 3.11. The number of carbonyl (C=O) groups is 1. The first-order chi connectivity index (χ1) is 11.1. The Kier molecular flexibility index (Phi) is 6.94. The van der Waals surface area contributed by atoms with Crippen molar-refractivity contribution in [2.45, 2.75) is 25.2 Å². The average Bonchev–Trinajstić information content (AvgIpc) is 2.58. The second-order valence-electron chi connectivity index (χ2n) is 6.29. The Hall–Kier alpha value is -1.51. The van der Waals surface area contributed by atoms with Crippen molar-refractivity contribution in [2.24, 2.45) is 5.92 Å². The molecule has 1 aromatic carbocycles. The number of nitrogens with zero attached hydrogens (tertiary/aromatic N) is 3. The summed E-state index contributed by atoms with van der Waals surface area (Å²) < 4.78 is 0. The molecule has 1 heterocycles. The standard InChI is InChI=1S/C18H25N3OS/c1-15(2)6-8-20-9-11-21(12-10-20)18(22)16-4-3-5-17(14-16)23-13-7-19/h3-5,14-15H,6,8-13H2,1-2H3. The largest absolute Gasteiger partial charge is 0.336 e. The molecule has 0 aliphatic carbocycles. The van der Waals surface area contributed by atoms with E-state index in [0.717, 1.165) is 49.1 Å². The fourth-order valence-corrected chi connectivity index (χ4v) is 3.25. The molecule has 2 rings (SSSR count). The molecule has 0 bridgehead atoms. The van der Waals surface area contributed by atoms with Crippen LogP contribution in [0.2, 0.25) is 0 Å². The maximum Gasteiger partial charge on any atom is 0.253 e. The van der Waals surface area contributed by atoms with E-state index in [0.29, 0.717) is 5.75 Å². The summed E-state index contributed by atoms with van der Waals surface area (Å²) in [4.78, 5) is 18.0. The molecule has 1 amide bonds. The highest BCUT2D eigenvalue weighted by Gasteiger charge is 2.22. The zero-order valence-electron chi connectivity index (χ0n) is 14.0. The second kappa shape index (κ2) is 8.95. The average molecular weight is 331 g/mol. The minimum atomic E-state index is 0.105. The monoisotopic (exact) mass is 331 g/mol. The van der Waals surface area contributed by atoms with Crippen LogP contribution in [0.4, 0.5) is 0 Å². The lowest BCUT2D eigenvalue weighted by atomic mass is 10.1. The fourth-order valence-electron chi connectivity index (χ4n) is 2.63. The van der Waals surface area contributed by atoms with Gasteiger partial charge in [0.25, 0.3) is 5.91 Å². The lowest BCUT2D eigenvalue weighted by Crippen LogP contribution is -2.49. The number of hydrogen-bond donors (Lipinski definition) is 0. The zero-order chi connectivity index (χ0) is 16.7. The first-order valence-corrected chi connectivity index (χ1v) is 9.20. The SMILES string of the molecule is CC(C)CCN1CCN(C(=O)c2cccc(SCC#N)c2)CC1. The van der Waals surface area contributed by atoms with E-state index < -0.39 is 0 Å². The van der Waals surface area contributed by atoms with Gasteiger partial charge in [0.05, 0.1) is 11.8 Å². The van der Waals surface area contributed by atoms with E-state index in [2.05, 4.69) is 24.8 Å².